The van der Waals surface area contributed by atoms with E-state index in [9.17, 15) is 9.59 Å². The molecule has 4 aromatic carbocycles. The second kappa shape index (κ2) is 12.8. The number of aldehydes is 2. The van der Waals surface area contributed by atoms with Gasteiger partial charge in [-0.2, -0.15) is 0 Å². The molecule has 0 aliphatic rings. The van der Waals surface area contributed by atoms with Crippen molar-refractivity contribution in [3.63, 3.8) is 0 Å². The minimum absolute atomic E-state index is 0.385. The van der Waals surface area contributed by atoms with Crippen LogP contribution in [0.1, 0.15) is 20.7 Å². The summed E-state index contributed by atoms with van der Waals surface area (Å²) in [5, 5.41) is 19.8. The van der Waals surface area contributed by atoms with Crippen LogP contribution in [-0.4, -0.2) is 39.7 Å². The number of nitrogens with one attached hydrogen (secondary N) is 2. The molecule has 6 nitrogen and oxygen atoms in total. The highest BCUT2D eigenvalue weighted by Crippen LogP contribution is 2.24. The van der Waals surface area contributed by atoms with Crippen molar-refractivity contribution in [2.24, 2.45) is 0 Å². The molecule has 4 N–H and O–H groups in total. The Bertz CT molecular complexity index is 1640. The Morgan fingerprint density at radius 3 is 1.66 bits per heavy atom. The maximum Gasteiger partial charge on any atom is 0.488 e. The topological polar surface area (TPSA) is 106 Å². The lowest BCUT2D eigenvalue weighted by molar-refractivity contribution is 0.111. The third-order valence-electron chi connectivity index (χ3n) is 5.82. The Hall–Kier alpha value is -4.24. The number of carbonyl (C=O) groups is 2. The number of hydrogen-bond acceptors (Lipinski definition) is 4. The number of carbonyl (C=O) groups excluding carboxylic acids is 2. The highest BCUT2D eigenvalue weighted by Gasteiger charge is 2.09. The number of benzene rings is 4. The van der Waals surface area contributed by atoms with Crippen molar-refractivity contribution in [2.75, 3.05) is 0 Å². The zero-order valence-electron chi connectivity index (χ0n) is 20.2. The first-order chi connectivity index (χ1) is 18.5. The molecule has 0 saturated heterocycles. The van der Waals surface area contributed by atoms with Crippen LogP contribution < -0.4 is 5.46 Å². The van der Waals surface area contributed by atoms with E-state index < -0.39 is 7.12 Å². The van der Waals surface area contributed by atoms with E-state index in [2.05, 4.69) is 68.4 Å². The summed E-state index contributed by atoms with van der Waals surface area (Å²) in [4.78, 5) is 27.0. The maximum atomic E-state index is 10.6. The number of aromatic nitrogens is 2. The SMILES string of the molecule is Brc1ccc2[nH]ccc2c1.O=Cc1ccc(-c2ccc3[nH]ccc3c2)cc1.O=Cc1ccc(B(O)O)cc1. The van der Waals surface area contributed by atoms with Crippen molar-refractivity contribution in [3.05, 3.63) is 125 Å². The molecule has 0 bridgehead atoms. The molecule has 0 aliphatic carbocycles. The quantitative estimate of drug-likeness (QED) is 0.161. The zero-order valence-corrected chi connectivity index (χ0v) is 21.8. The van der Waals surface area contributed by atoms with Gasteiger partial charge in [0.15, 0.2) is 0 Å². The molecule has 2 aromatic heterocycles. The van der Waals surface area contributed by atoms with Gasteiger partial charge in [-0.25, -0.2) is 0 Å². The van der Waals surface area contributed by atoms with Crippen molar-refractivity contribution in [2.45, 2.75) is 0 Å². The van der Waals surface area contributed by atoms with Gasteiger partial charge in [0.1, 0.15) is 12.6 Å². The predicted molar refractivity (Wildman–Crippen MR) is 157 cm³/mol. The third kappa shape index (κ3) is 6.95. The summed E-state index contributed by atoms with van der Waals surface area (Å²) in [6.45, 7) is 0. The third-order valence-corrected chi connectivity index (χ3v) is 6.31. The molecule has 0 radical (unpaired) electrons. The normalized spacial score (nSPS) is 10.2. The van der Waals surface area contributed by atoms with E-state index in [1.807, 2.05) is 42.7 Å². The zero-order chi connectivity index (χ0) is 26.9. The fraction of sp³-hybridized carbons (Fsp3) is 0. The molecule has 0 fully saturated rings. The summed E-state index contributed by atoms with van der Waals surface area (Å²) in [7, 11) is -1.46. The van der Waals surface area contributed by atoms with Gasteiger partial charge in [0.05, 0.1) is 0 Å². The smallest absolute Gasteiger partial charge is 0.423 e. The average molecular weight is 567 g/mol. The molecule has 0 amide bonds. The largest absolute Gasteiger partial charge is 0.488 e. The summed E-state index contributed by atoms with van der Waals surface area (Å²) >= 11 is 3.40. The van der Waals surface area contributed by atoms with Crippen LogP contribution in [0.15, 0.2) is 114 Å². The first kappa shape index (κ1) is 26.8. The van der Waals surface area contributed by atoms with Crippen LogP contribution in [-0.2, 0) is 0 Å². The van der Waals surface area contributed by atoms with Gasteiger partial charge < -0.3 is 20.0 Å². The lowest BCUT2D eigenvalue weighted by atomic mass is 9.80. The molecule has 0 aliphatic heterocycles. The van der Waals surface area contributed by atoms with Crippen molar-refractivity contribution in [3.8, 4) is 11.1 Å². The first-order valence-corrected chi connectivity index (χ1v) is 12.5. The minimum atomic E-state index is -1.46. The van der Waals surface area contributed by atoms with E-state index in [0.29, 0.717) is 22.9 Å². The first-order valence-electron chi connectivity index (χ1n) is 11.7. The molecule has 2 heterocycles. The highest BCUT2D eigenvalue weighted by molar-refractivity contribution is 9.10. The summed E-state index contributed by atoms with van der Waals surface area (Å²) in [6.07, 6.45) is 5.44. The van der Waals surface area contributed by atoms with Gasteiger partial charge in [-0.1, -0.05) is 70.5 Å². The van der Waals surface area contributed by atoms with Crippen molar-refractivity contribution in [1.29, 1.82) is 0 Å². The van der Waals surface area contributed by atoms with Gasteiger partial charge in [-0.05, 0) is 64.4 Å². The van der Waals surface area contributed by atoms with Gasteiger partial charge in [-0.15, -0.1) is 0 Å². The van der Waals surface area contributed by atoms with Crippen LogP contribution in [0.4, 0.5) is 0 Å². The number of rotatable bonds is 4. The number of aromatic amines is 2. The molecule has 8 heteroatoms. The number of H-pyrrole nitrogens is 2. The Morgan fingerprint density at radius 2 is 1.11 bits per heavy atom. The second-order valence-corrected chi connectivity index (χ2v) is 9.30. The second-order valence-electron chi connectivity index (χ2n) is 8.39. The van der Waals surface area contributed by atoms with Crippen molar-refractivity contribution in [1.82, 2.24) is 9.97 Å². The lowest BCUT2D eigenvalue weighted by Gasteiger charge is -2.02. The Balaban J connectivity index is 0.000000140. The van der Waals surface area contributed by atoms with Gasteiger partial charge >= 0.3 is 7.12 Å². The molecule has 188 valence electrons. The van der Waals surface area contributed by atoms with E-state index in [1.54, 1.807) is 0 Å². The Labute approximate surface area is 228 Å². The van der Waals surface area contributed by atoms with Crippen LogP contribution in [0, 0.1) is 0 Å². The highest BCUT2D eigenvalue weighted by atomic mass is 79.9. The van der Waals surface area contributed by atoms with Crippen LogP contribution in [0.2, 0.25) is 0 Å². The Morgan fingerprint density at radius 1 is 0.605 bits per heavy atom. The Kier molecular flexibility index (Phi) is 9.05. The predicted octanol–water partition coefficient (Wildman–Crippen LogP) is 5.76. The minimum Gasteiger partial charge on any atom is -0.423 e. The van der Waals surface area contributed by atoms with Gasteiger partial charge in [0, 0.05) is 44.4 Å². The molecule has 38 heavy (non-hydrogen) atoms. The number of fused-ring (bicyclic) bond motifs is 2. The molecule has 6 aromatic rings. The molecule has 0 saturated carbocycles. The van der Waals surface area contributed by atoms with E-state index in [0.717, 1.165) is 27.4 Å². The standard InChI is InChI=1S/C15H11NO.C8H6BrN.C7H7BO3/c17-10-11-1-3-12(4-2-11)13-5-6-15-14(9-13)7-8-16-15;9-7-1-2-8-6(5-7)3-4-10-8;9-5-6-1-3-7(4-2-6)8(10)11/h1-10,16H;1-5,10H;1-5,10-11H. The lowest BCUT2D eigenvalue weighted by Crippen LogP contribution is -2.29. The van der Waals surface area contributed by atoms with Crippen molar-refractivity contribution >= 4 is 62.9 Å². The van der Waals surface area contributed by atoms with E-state index in [1.165, 1.54) is 40.6 Å². The summed E-state index contributed by atoms with van der Waals surface area (Å²) in [5.41, 5.74) is 6.22. The maximum absolute atomic E-state index is 10.6. The van der Waals surface area contributed by atoms with Crippen LogP contribution in [0.5, 0.6) is 0 Å². The molecule has 0 spiro atoms. The van der Waals surface area contributed by atoms with Crippen molar-refractivity contribution < 1.29 is 19.6 Å². The fourth-order valence-corrected chi connectivity index (χ4v) is 4.14. The molecule has 0 atom stereocenters. The molecule has 6 rings (SSSR count). The fourth-order valence-electron chi connectivity index (χ4n) is 3.76. The van der Waals surface area contributed by atoms with Crippen LogP contribution >= 0.6 is 15.9 Å². The average Bonchev–Trinajstić information content (AvgIpc) is 3.62. The number of hydrogen-bond donors (Lipinski definition) is 4. The van der Waals surface area contributed by atoms with E-state index >= 15 is 0 Å². The van der Waals surface area contributed by atoms with E-state index in [-0.39, 0.29) is 0 Å². The summed E-state index contributed by atoms with van der Waals surface area (Å²) in [6, 6.07) is 30.2. The van der Waals surface area contributed by atoms with Gasteiger partial charge in [-0.3, -0.25) is 9.59 Å². The summed E-state index contributed by atoms with van der Waals surface area (Å²) < 4.78 is 1.12. The van der Waals surface area contributed by atoms with Gasteiger partial charge in [0.2, 0.25) is 0 Å². The summed E-state index contributed by atoms with van der Waals surface area (Å²) in [5.74, 6) is 0. The molecular weight excluding hydrogens is 543 g/mol. The molecule has 0 unspecified atom stereocenters. The van der Waals surface area contributed by atoms with E-state index in [4.69, 9.17) is 10.0 Å². The van der Waals surface area contributed by atoms with Crippen LogP contribution in [0.25, 0.3) is 32.9 Å². The van der Waals surface area contributed by atoms with Crippen LogP contribution in [0.3, 0.4) is 0 Å². The molecular formula is C30H24BBrN2O4. The van der Waals surface area contributed by atoms with Gasteiger partial charge in [0.25, 0.3) is 0 Å². The number of halogens is 1. The monoisotopic (exact) mass is 566 g/mol.